The van der Waals surface area contributed by atoms with Crippen LogP contribution < -0.4 is 0 Å². The number of amides is 1. The van der Waals surface area contributed by atoms with Crippen LogP contribution in [0.2, 0.25) is 0 Å². The van der Waals surface area contributed by atoms with Gasteiger partial charge in [-0.2, -0.15) is 0 Å². The number of rotatable bonds is 4. The van der Waals surface area contributed by atoms with Gasteiger partial charge in [-0.3, -0.25) is 4.79 Å². The molecule has 1 aliphatic rings. The van der Waals surface area contributed by atoms with Crippen LogP contribution in [0.4, 0.5) is 4.39 Å². The zero-order chi connectivity index (χ0) is 16.2. The van der Waals surface area contributed by atoms with Crippen LogP contribution in [0.15, 0.2) is 34.9 Å². The number of benzene rings is 1. The Morgan fingerprint density at radius 2 is 2.13 bits per heavy atom. The van der Waals surface area contributed by atoms with Crippen LogP contribution in [-0.4, -0.2) is 22.5 Å². The largest absolute Gasteiger partial charge is 0.361 e. The van der Waals surface area contributed by atoms with E-state index in [2.05, 4.69) is 12.1 Å². The first-order chi connectivity index (χ1) is 11.2. The summed E-state index contributed by atoms with van der Waals surface area (Å²) in [6, 6.07) is 8.13. The van der Waals surface area contributed by atoms with Gasteiger partial charge >= 0.3 is 0 Å². The molecule has 1 aromatic carbocycles. The molecule has 3 rings (SSSR count). The van der Waals surface area contributed by atoms with Crippen molar-refractivity contribution in [1.82, 2.24) is 10.1 Å². The molecule has 122 valence electrons. The Balaban J connectivity index is 1.82. The molecule has 0 unspecified atom stereocenters. The maximum absolute atomic E-state index is 13.1. The number of carbonyl (C=O) groups is 1. The maximum Gasteiger partial charge on any atom is 0.276 e. The highest BCUT2D eigenvalue weighted by atomic mass is 19.1. The summed E-state index contributed by atoms with van der Waals surface area (Å²) >= 11 is 0. The third-order valence-corrected chi connectivity index (χ3v) is 4.29. The van der Waals surface area contributed by atoms with Crippen LogP contribution in [0.5, 0.6) is 0 Å². The van der Waals surface area contributed by atoms with E-state index in [-0.39, 0.29) is 17.8 Å². The fourth-order valence-corrected chi connectivity index (χ4v) is 3.13. The molecular weight excluding hydrogens is 295 g/mol. The molecule has 0 bridgehead atoms. The molecule has 1 amide bonds. The molecule has 0 radical (unpaired) electrons. The number of aryl methyl sites for hydroxylation is 1. The second-order valence-electron chi connectivity index (χ2n) is 5.99. The maximum atomic E-state index is 13.1. The summed E-state index contributed by atoms with van der Waals surface area (Å²) in [4.78, 5) is 14.6. The van der Waals surface area contributed by atoms with Gasteiger partial charge in [0, 0.05) is 19.0 Å². The molecule has 4 nitrogen and oxygen atoms in total. The summed E-state index contributed by atoms with van der Waals surface area (Å²) in [7, 11) is 0. The Morgan fingerprint density at radius 1 is 1.35 bits per heavy atom. The average molecular weight is 316 g/mol. The van der Waals surface area contributed by atoms with Crippen molar-refractivity contribution in [1.29, 1.82) is 0 Å². The molecule has 2 heterocycles. The smallest absolute Gasteiger partial charge is 0.276 e. The van der Waals surface area contributed by atoms with Crippen LogP contribution >= 0.6 is 0 Å². The standard InChI is InChI=1S/C18H21FN2O2/c1-2-5-15-12-16(20-23-15)18(22)21-11-4-3-6-17(21)13-7-9-14(19)10-8-13/h7-10,12,17H,2-6,11H2,1H3/t17-/m1/s1. The second-order valence-corrected chi connectivity index (χ2v) is 5.99. The van der Waals surface area contributed by atoms with Crippen LogP contribution in [0.25, 0.3) is 0 Å². The van der Waals surface area contributed by atoms with E-state index in [0.29, 0.717) is 12.2 Å². The van der Waals surface area contributed by atoms with Crippen molar-refractivity contribution >= 4 is 5.91 Å². The molecule has 1 fully saturated rings. The molecule has 1 atom stereocenters. The molecule has 1 aliphatic heterocycles. The minimum Gasteiger partial charge on any atom is -0.361 e. The highest BCUT2D eigenvalue weighted by Gasteiger charge is 2.30. The molecule has 0 spiro atoms. The lowest BCUT2D eigenvalue weighted by atomic mass is 9.95. The summed E-state index contributed by atoms with van der Waals surface area (Å²) < 4.78 is 18.4. The average Bonchev–Trinajstić information content (AvgIpc) is 3.04. The zero-order valence-electron chi connectivity index (χ0n) is 13.3. The normalized spacial score (nSPS) is 18.2. The van der Waals surface area contributed by atoms with Gasteiger partial charge in [0.25, 0.3) is 5.91 Å². The van der Waals surface area contributed by atoms with Gasteiger partial charge in [-0.25, -0.2) is 4.39 Å². The lowest BCUT2D eigenvalue weighted by Crippen LogP contribution is -2.38. The quantitative estimate of drug-likeness (QED) is 0.852. The number of piperidine rings is 1. The van der Waals surface area contributed by atoms with Crippen LogP contribution in [0, 0.1) is 5.82 Å². The van der Waals surface area contributed by atoms with Crippen molar-refractivity contribution in [3.05, 3.63) is 53.2 Å². The number of nitrogens with zero attached hydrogens (tertiary/aromatic N) is 2. The van der Waals surface area contributed by atoms with Gasteiger partial charge in [0.05, 0.1) is 6.04 Å². The van der Waals surface area contributed by atoms with Gasteiger partial charge in [0.2, 0.25) is 0 Å². The van der Waals surface area contributed by atoms with E-state index in [1.54, 1.807) is 18.2 Å². The van der Waals surface area contributed by atoms with Crippen molar-refractivity contribution in [2.45, 2.75) is 45.1 Å². The predicted molar refractivity (Wildman–Crippen MR) is 84.5 cm³/mol. The Morgan fingerprint density at radius 3 is 2.87 bits per heavy atom. The number of hydrogen-bond donors (Lipinski definition) is 0. The molecule has 1 saturated heterocycles. The highest BCUT2D eigenvalue weighted by molar-refractivity contribution is 5.92. The molecule has 0 N–H and O–H groups in total. The summed E-state index contributed by atoms with van der Waals surface area (Å²) in [5.41, 5.74) is 1.33. The summed E-state index contributed by atoms with van der Waals surface area (Å²) in [5, 5.41) is 3.93. The SMILES string of the molecule is CCCc1cc(C(=O)N2CCCC[C@@H]2c2ccc(F)cc2)no1. The summed E-state index contributed by atoms with van der Waals surface area (Å²) in [6.07, 6.45) is 4.65. The van der Waals surface area contributed by atoms with Crippen LogP contribution in [0.1, 0.15) is 60.5 Å². The van der Waals surface area contributed by atoms with E-state index in [0.717, 1.165) is 43.4 Å². The summed E-state index contributed by atoms with van der Waals surface area (Å²) in [6.45, 7) is 2.75. The number of hydrogen-bond acceptors (Lipinski definition) is 3. The van der Waals surface area contributed by atoms with E-state index in [4.69, 9.17) is 4.52 Å². The van der Waals surface area contributed by atoms with Crippen molar-refractivity contribution < 1.29 is 13.7 Å². The Hall–Kier alpha value is -2.17. The Kier molecular flexibility index (Phi) is 4.74. The second kappa shape index (κ2) is 6.94. The van der Waals surface area contributed by atoms with E-state index in [9.17, 15) is 9.18 Å². The Labute approximate surface area is 135 Å². The molecule has 1 aromatic heterocycles. The number of aromatic nitrogens is 1. The van der Waals surface area contributed by atoms with Crippen molar-refractivity contribution in [2.24, 2.45) is 0 Å². The van der Waals surface area contributed by atoms with Gasteiger partial charge < -0.3 is 9.42 Å². The third-order valence-electron chi connectivity index (χ3n) is 4.29. The minimum atomic E-state index is -0.261. The van der Waals surface area contributed by atoms with E-state index >= 15 is 0 Å². The molecule has 5 heteroatoms. The number of likely N-dealkylation sites (tertiary alicyclic amines) is 1. The number of halogens is 1. The molecule has 23 heavy (non-hydrogen) atoms. The van der Waals surface area contributed by atoms with Gasteiger partial charge in [0.15, 0.2) is 5.69 Å². The highest BCUT2D eigenvalue weighted by Crippen LogP contribution is 2.32. The molecule has 0 saturated carbocycles. The third kappa shape index (κ3) is 3.44. The fraction of sp³-hybridized carbons (Fsp3) is 0.444. The van der Waals surface area contributed by atoms with Gasteiger partial charge in [-0.15, -0.1) is 0 Å². The minimum absolute atomic E-state index is 0.0248. The number of carbonyl (C=O) groups excluding carboxylic acids is 1. The lowest BCUT2D eigenvalue weighted by Gasteiger charge is -2.35. The van der Waals surface area contributed by atoms with E-state index < -0.39 is 0 Å². The first-order valence-corrected chi connectivity index (χ1v) is 8.21. The Bertz CT molecular complexity index is 666. The van der Waals surface area contributed by atoms with Crippen LogP contribution in [-0.2, 0) is 6.42 Å². The molecule has 2 aromatic rings. The van der Waals surface area contributed by atoms with Gasteiger partial charge in [-0.05, 0) is 43.4 Å². The summed E-state index contributed by atoms with van der Waals surface area (Å²) in [5.74, 6) is 0.375. The topological polar surface area (TPSA) is 46.3 Å². The van der Waals surface area contributed by atoms with Gasteiger partial charge in [-0.1, -0.05) is 24.2 Å². The van der Waals surface area contributed by atoms with Crippen molar-refractivity contribution in [3.63, 3.8) is 0 Å². The van der Waals surface area contributed by atoms with E-state index in [1.165, 1.54) is 12.1 Å². The fourth-order valence-electron chi connectivity index (χ4n) is 3.13. The van der Waals surface area contributed by atoms with Gasteiger partial charge in [0.1, 0.15) is 11.6 Å². The van der Waals surface area contributed by atoms with Crippen molar-refractivity contribution in [3.8, 4) is 0 Å². The first-order valence-electron chi connectivity index (χ1n) is 8.21. The first kappa shape index (κ1) is 15.7. The lowest BCUT2D eigenvalue weighted by molar-refractivity contribution is 0.0601. The van der Waals surface area contributed by atoms with Crippen LogP contribution in [0.3, 0.4) is 0 Å². The molecular formula is C18H21FN2O2. The zero-order valence-corrected chi connectivity index (χ0v) is 13.3. The monoisotopic (exact) mass is 316 g/mol. The molecule has 0 aliphatic carbocycles. The van der Waals surface area contributed by atoms with E-state index in [1.807, 2.05) is 4.90 Å². The van der Waals surface area contributed by atoms with Crippen molar-refractivity contribution in [2.75, 3.05) is 6.54 Å². The predicted octanol–water partition coefficient (Wildman–Crippen LogP) is 4.13.